The maximum absolute atomic E-state index is 13.0. The Bertz CT molecular complexity index is 1060. The molecule has 1 saturated carbocycles. The molecule has 3 aromatic rings. The third kappa shape index (κ3) is 5.02. The molecule has 1 unspecified atom stereocenters. The summed E-state index contributed by atoms with van der Waals surface area (Å²) in [7, 11) is -3.64. The highest BCUT2D eigenvalue weighted by Crippen LogP contribution is 2.31. The number of hydrogen-bond acceptors (Lipinski definition) is 5. The van der Waals surface area contributed by atoms with Gasteiger partial charge in [-0.2, -0.15) is 0 Å². The van der Waals surface area contributed by atoms with Gasteiger partial charge in [-0.25, -0.2) is 8.42 Å². The summed E-state index contributed by atoms with van der Waals surface area (Å²) in [6.45, 7) is 3.84. The first-order valence-electron chi connectivity index (χ1n) is 10.7. The van der Waals surface area contributed by atoms with E-state index in [-0.39, 0.29) is 0 Å². The number of nitrogens with one attached hydrogen (secondary N) is 2. The van der Waals surface area contributed by atoms with Gasteiger partial charge in [-0.05, 0) is 42.0 Å². The molecule has 0 radical (unpaired) electrons. The molecule has 7 heteroatoms. The predicted octanol–water partition coefficient (Wildman–Crippen LogP) is 5.40. The van der Waals surface area contributed by atoms with Crippen LogP contribution in [0.1, 0.15) is 44.6 Å². The SMILES string of the molecule is CC(CNCc1cnccc1NS(=O)(=O)c1cc2ccccc2s1)C1CCCCC1. The van der Waals surface area contributed by atoms with Gasteiger partial charge >= 0.3 is 0 Å². The number of nitrogens with zero attached hydrogens (tertiary/aromatic N) is 1. The van der Waals surface area contributed by atoms with Gasteiger partial charge in [0, 0.05) is 29.2 Å². The summed E-state index contributed by atoms with van der Waals surface area (Å²) < 4.78 is 30.0. The molecule has 2 aromatic heterocycles. The quantitative estimate of drug-likeness (QED) is 0.489. The number of thiophene rings is 1. The van der Waals surface area contributed by atoms with Crippen LogP contribution in [0.15, 0.2) is 53.0 Å². The van der Waals surface area contributed by atoms with Crippen molar-refractivity contribution >= 4 is 37.1 Å². The minimum Gasteiger partial charge on any atom is -0.312 e. The van der Waals surface area contributed by atoms with Gasteiger partial charge in [-0.15, -0.1) is 11.3 Å². The van der Waals surface area contributed by atoms with Gasteiger partial charge in [0.05, 0.1) is 5.69 Å². The van der Waals surface area contributed by atoms with Gasteiger partial charge < -0.3 is 5.32 Å². The molecule has 1 aliphatic carbocycles. The van der Waals surface area contributed by atoms with E-state index in [9.17, 15) is 8.42 Å². The lowest BCUT2D eigenvalue weighted by atomic mass is 9.81. The van der Waals surface area contributed by atoms with Gasteiger partial charge in [0.1, 0.15) is 4.21 Å². The Morgan fingerprint density at radius 1 is 1.17 bits per heavy atom. The lowest BCUT2D eigenvalue weighted by molar-refractivity contribution is 0.256. The minimum atomic E-state index is -3.64. The van der Waals surface area contributed by atoms with Gasteiger partial charge in [0.2, 0.25) is 0 Å². The van der Waals surface area contributed by atoms with E-state index >= 15 is 0 Å². The molecule has 1 aliphatic rings. The van der Waals surface area contributed by atoms with Crippen molar-refractivity contribution in [3.8, 4) is 0 Å². The highest BCUT2D eigenvalue weighted by atomic mass is 32.2. The maximum atomic E-state index is 13.0. The second-order valence-corrected chi connectivity index (χ2v) is 11.2. The molecule has 5 nitrogen and oxygen atoms in total. The highest BCUT2D eigenvalue weighted by Gasteiger charge is 2.21. The third-order valence-corrected chi connectivity index (χ3v) is 9.01. The first-order chi connectivity index (χ1) is 14.5. The van der Waals surface area contributed by atoms with Crippen molar-refractivity contribution in [1.29, 1.82) is 0 Å². The molecule has 0 bridgehead atoms. The number of pyridine rings is 1. The Morgan fingerprint density at radius 2 is 1.97 bits per heavy atom. The van der Waals surface area contributed by atoms with E-state index in [1.165, 1.54) is 43.4 Å². The summed E-state index contributed by atoms with van der Waals surface area (Å²) >= 11 is 1.29. The zero-order chi connectivity index (χ0) is 21.0. The summed E-state index contributed by atoms with van der Waals surface area (Å²) in [4.78, 5) is 4.20. The fourth-order valence-electron chi connectivity index (χ4n) is 4.26. The van der Waals surface area contributed by atoms with Crippen molar-refractivity contribution in [2.75, 3.05) is 11.3 Å². The van der Waals surface area contributed by atoms with E-state index < -0.39 is 10.0 Å². The van der Waals surface area contributed by atoms with E-state index in [0.29, 0.717) is 22.4 Å². The Kier molecular flexibility index (Phi) is 6.71. The van der Waals surface area contributed by atoms with Gasteiger partial charge in [0.15, 0.2) is 0 Å². The second-order valence-electron chi connectivity index (χ2n) is 8.25. The summed E-state index contributed by atoms with van der Waals surface area (Å²) in [5.41, 5.74) is 1.44. The van der Waals surface area contributed by atoms with Crippen LogP contribution < -0.4 is 10.0 Å². The van der Waals surface area contributed by atoms with Crippen LogP contribution in [0, 0.1) is 11.8 Å². The van der Waals surface area contributed by atoms with Gasteiger partial charge in [-0.3, -0.25) is 9.71 Å². The summed E-state index contributed by atoms with van der Waals surface area (Å²) in [5.74, 6) is 1.42. The van der Waals surface area contributed by atoms with Crippen LogP contribution in [0.4, 0.5) is 5.69 Å². The lowest BCUT2D eigenvalue weighted by Gasteiger charge is -2.28. The molecule has 0 saturated heterocycles. The maximum Gasteiger partial charge on any atom is 0.271 e. The second kappa shape index (κ2) is 9.45. The van der Waals surface area contributed by atoms with Crippen LogP contribution in [0.2, 0.25) is 0 Å². The zero-order valence-corrected chi connectivity index (χ0v) is 18.9. The number of sulfonamides is 1. The topological polar surface area (TPSA) is 71.1 Å². The number of benzene rings is 1. The Balaban J connectivity index is 1.42. The fraction of sp³-hybridized carbons (Fsp3) is 0.435. The van der Waals surface area contributed by atoms with Crippen molar-refractivity contribution in [1.82, 2.24) is 10.3 Å². The zero-order valence-electron chi connectivity index (χ0n) is 17.3. The van der Waals surface area contributed by atoms with Crippen LogP contribution in [-0.4, -0.2) is 19.9 Å². The predicted molar refractivity (Wildman–Crippen MR) is 124 cm³/mol. The normalized spacial score (nSPS) is 16.6. The Hall–Kier alpha value is -1.96. The molecule has 4 rings (SSSR count). The number of aromatic nitrogens is 1. The molecule has 30 heavy (non-hydrogen) atoms. The number of anilines is 1. The van der Waals surface area contributed by atoms with Crippen LogP contribution >= 0.6 is 11.3 Å². The molecule has 2 N–H and O–H groups in total. The van der Waals surface area contributed by atoms with E-state index in [2.05, 4.69) is 21.9 Å². The van der Waals surface area contributed by atoms with Crippen molar-refractivity contribution in [2.45, 2.75) is 49.8 Å². The highest BCUT2D eigenvalue weighted by molar-refractivity contribution is 7.94. The smallest absolute Gasteiger partial charge is 0.271 e. The van der Waals surface area contributed by atoms with Gasteiger partial charge in [-0.1, -0.05) is 57.2 Å². The van der Waals surface area contributed by atoms with Crippen LogP contribution in [0.25, 0.3) is 10.1 Å². The first-order valence-corrected chi connectivity index (χ1v) is 13.0. The fourth-order valence-corrected chi connectivity index (χ4v) is 6.76. The number of hydrogen-bond donors (Lipinski definition) is 2. The van der Waals surface area contributed by atoms with Crippen molar-refractivity contribution in [3.05, 3.63) is 54.4 Å². The lowest BCUT2D eigenvalue weighted by Crippen LogP contribution is -2.27. The molecule has 1 fully saturated rings. The average Bonchev–Trinajstić information content (AvgIpc) is 3.21. The Morgan fingerprint density at radius 3 is 2.77 bits per heavy atom. The van der Waals surface area contributed by atoms with E-state index in [1.54, 1.807) is 24.5 Å². The van der Waals surface area contributed by atoms with Crippen LogP contribution in [0.3, 0.4) is 0 Å². The summed E-state index contributed by atoms with van der Waals surface area (Å²) in [6, 6.07) is 11.2. The summed E-state index contributed by atoms with van der Waals surface area (Å²) in [6.07, 6.45) is 10.1. The van der Waals surface area contributed by atoms with Crippen LogP contribution in [-0.2, 0) is 16.6 Å². The standard InChI is InChI=1S/C23H29N3O2S2/c1-17(18-7-3-2-4-8-18)14-25-16-20-15-24-12-11-21(20)26-30(27,28)23-13-19-9-5-6-10-22(19)29-23/h5-6,9-13,15,17-18,25H,2-4,7-8,14,16H2,1H3,(H,24,26). The molecule has 1 aromatic carbocycles. The molecular weight excluding hydrogens is 414 g/mol. The van der Waals surface area contributed by atoms with Crippen molar-refractivity contribution in [2.24, 2.45) is 11.8 Å². The van der Waals surface area contributed by atoms with E-state index in [4.69, 9.17) is 0 Å². The number of fused-ring (bicyclic) bond motifs is 1. The van der Waals surface area contributed by atoms with Crippen molar-refractivity contribution < 1.29 is 8.42 Å². The van der Waals surface area contributed by atoms with Crippen molar-refractivity contribution in [3.63, 3.8) is 0 Å². The third-order valence-electron chi connectivity index (χ3n) is 6.05. The molecule has 1 atom stereocenters. The molecule has 160 valence electrons. The molecule has 2 heterocycles. The largest absolute Gasteiger partial charge is 0.312 e. The van der Waals surface area contributed by atoms with Gasteiger partial charge in [0.25, 0.3) is 10.0 Å². The molecular formula is C23H29N3O2S2. The minimum absolute atomic E-state index is 0.324. The monoisotopic (exact) mass is 443 g/mol. The average molecular weight is 444 g/mol. The summed E-state index contributed by atoms with van der Waals surface area (Å²) in [5, 5.41) is 4.45. The molecule has 0 amide bonds. The first kappa shape index (κ1) is 21.3. The number of rotatable bonds is 8. The molecule has 0 aliphatic heterocycles. The molecule has 0 spiro atoms. The van der Waals surface area contributed by atoms with Crippen LogP contribution in [0.5, 0.6) is 0 Å². The van der Waals surface area contributed by atoms with E-state index in [0.717, 1.165) is 28.1 Å². The Labute approximate surface area is 183 Å². The van der Waals surface area contributed by atoms with E-state index in [1.807, 2.05) is 24.3 Å².